The summed E-state index contributed by atoms with van der Waals surface area (Å²) >= 11 is 7.07. The number of halogens is 3. The quantitative estimate of drug-likeness (QED) is 0.247. The van der Waals surface area contributed by atoms with E-state index in [0.29, 0.717) is 5.92 Å². The van der Waals surface area contributed by atoms with E-state index in [-0.39, 0.29) is 5.82 Å². The highest BCUT2D eigenvalue weighted by atomic mass is 79.9. The second-order valence-electron chi connectivity index (χ2n) is 7.23. The molecule has 140 valence electrons. The third-order valence-corrected chi connectivity index (χ3v) is 5.59. The van der Waals surface area contributed by atoms with Gasteiger partial charge in [-0.1, -0.05) is 62.4 Å². The van der Waals surface area contributed by atoms with Gasteiger partial charge in [0.25, 0.3) is 0 Å². The number of hydrogen-bond acceptors (Lipinski definition) is 0. The van der Waals surface area contributed by atoms with Crippen LogP contribution >= 0.6 is 31.9 Å². The molecule has 3 heteroatoms. The highest BCUT2D eigenvalue weighted by Crippen LogP contribution is 2.41. The lowest BCUT2D eigenvalue weighted by molar-refractivity contribution is 0.628. The fourth-order valence-corrected chi connectivity index (χ4v) is 4.32. The molecule has 0 aliphatic rings. The zero-order chi connectivity index (χ0) is 19.8. The first kappa shape index (κ1) is 19.4. The molecule has 0 saturated heterocycles. The Balaban J connectivity index is 2.22. The summed E-state index contributed by atoms with van der Waals surface area (Å²) in [6.45, 7) is 4.42. The number of benzene rings is 4. The molecule has 4 rings (SSSR count). The Kier molecular flexibility index (Phi) is 5.39. The maximum absolute atomic E-state index is 13.6. The van der Waals surface area contributed by atoms with Crippen molar-refractivity contribution in [2.75, 3.05) is 0 Å². The van der Waals surface area contributed by atoms with E-state index in [9.17, 15) is 4.39 Å². The van der Waals surface area contributed by atoms with Crippen LogP contribution in [0.3, 0.4) is 0 Å². The SMILES string of the molecule is CC(C)c1cc2c(ccc3ccccc32)c(-c2ccc(F)cc2)c1C=C(Br)Br. The number of hydrogen-bond donors (Lipinski definition) is 0. The summed E-state index contributed by atoms with van der Waals surface area (Å²) in [6.07, 6.45) is 2.10. The van der Waals surface area contributed by atoms with Gasteiger partial charge in [0, 0.05) is 0 Å². The molecule has 28 heavy (non-hydrogen) atoms. The van der Waals surface area contributed by atoms with E-state index in [1.54, 1.807) is 0 Å². The van der Waals surface area contributed by atoms with Crippen molar-refractivity contribution in [2.24, 2.45) is 0 Å². The van der Waals surface area contributed by atoms with Crippen molar-refractivity contribution < 1.29 is 4.39 Å². The van der Waals surface area contributed by atoms with E-state index >= 15 is 0 Å². The highest BCUT2D eigenvalue weighted by Gasteiger charge is 2.17. The molecule has 0 radical (unpaired) electrons. The van der Waals surface area contributed by atoms with Gasteiger partial charge in [0.05, 0.1) is 3.39 Å². The Morgan fingerprint density at radius 1 is 0.857 bits per heavy atom. The van der Waals surface area contributed by atoms with E-state index in [1.165, 1.54) is 39.2 Å². The van der Waals surface area contributed by atoms with Gasteiger partial charge in [-0.2, -0.15) is 0 Å². The lowest BCUT2D eigenvalue weighted by Gasteiger charge is -2.20. The summed E-state index contributed by atoms with van der Waals surface area (Å²) in [5.41, 5.74) is 4.55. The predicted molar refractivity (Wildman–Crippen MR) is 127 cm³/mol. The Hall–Kier alpha value is -1.97. The van der Waals surface area contributed by atoms with E-state index in [0.717, 1.165) is 20.1 Å². The first-order valence-electron chi connectivity index (χ1n) is 9.22. The molecule has 0 spiro atoms. The average Bonchev–Trinajstić information content (AvgIpc) is 2.67. The minimum absolute atomic E-state index is 0.225. The normalized spacial score (nSPS) is 11.4. The van der Waals surface area contributed by atoms with Crippen molar-refractivity contribution in [1.82, 2.24) is 0 Å². The molecule has 0 unspecified atom stereocenters. The fourth-order valence-electron chi connectivity index (χ4n) is 3.86. The molecule has 0 aromatic heterocycles. The second kappa shape index (κ2) is 7.81. The predicted octanol–water partition coefficient (Wildman–Crippen LogP) is 9.01. The van der Waals surface area contributed by atoms with Gasteiger partial charge in [0.1, 0.15) is 5.82 Å². The minimum atomic E-state index is -0.225. The largest absolute Gasteiger partial charge is 0.207 e. The van der Waals surface area contributed by atoms with Gasteiger partial charge in [-0.25, -0.2) is 4.39 Å². The number of fused-ring (bicyclic) bond motifs is 3. The molecule has 0 amide bonds. The van der Waals surface area contributed by atoms with Crippen molar-refractivity contribution in [1.29, 1.82) is 0 Å². The van der Waals surface area contributed by atoms with Crippen molar-refractivity contribution in [3.63, 3.8) is 0 Å². The molecule has 4 aromatic rings. The van der Waals surface area contributed by atoms with Crippen LogP contribution in [0.4, 0.5) is 4.39 Å². The molecular formula is C25H19Br2F. The van der Waals surface area contributed by atoms with Crippen LogP contribution in [0, 0.1) is 5.82 Å². The van der Waals surface area contributed by atoms with Crippen molar-refractivity contribution in [3.8, 4) is 11.1 Å². The molecule has 0 aliphatic carbocycles. The summed E-state index contributed by atoms with van der Waals surface area (Å²) < 4.78 is 14.5. The molecule has 4 aromatic carbocycles. The lowest BCUT2D eigenvalue weighted by Crippen LogP contribution is -1.98. The smallest absolute Gasteiger partial charge is 0.123 e. The van der Waals surface area contributed by atoms with Gasteiger partial charge >= 0.3 is 0 Å². The van der Waals surface area contributed by atoms with Crippen molar-refractivity contribution in [2.45, 2.75) is 19.8 Å². The minimum Gasteiger partial charge on any atom is -0.207 e. The molecule has 0 fully saturated rings. The molecule has 0 atom stereocenters. The van der Waals surface area contributed by atoms with Crippen LogP contribution in [0.5, 0.6) is 0 Å². The fraction of sp³-hybridized carbons (Fsp3) is 0.120. The van der Waals surface area contributed by atoms with Crippen LogP contribution in [0.15, 0.2) is 70.1 Å². The Morgan fingerprint density at radius 2 is 1.57 bits per heavy atom. The van der Waals surface area contributed by atoms with Crippen LogP contribution < -0.4 is 0 Å². The first-order valence-corrected chi connectivity index (χ1v) is 10.8. The van der Waals surface area contributed by atoms with Gasteiger partial charge in [-0.3, -0.25) is 0 Å². The molecular weight excluding hydrogens is 479 g/mol. The molecule has 0 nitrogen and oxygen atoms in total. The zero-order valence-corrected chi connectivity index (χ0v) is 18.8. The van der Waals surface area contributed by atoms with E-state index in [1.807, 2.05) is 12.1 Å². The zero-order valence-electron chi connectivity index (χ0n) is 15.6. The highest BCUT2D eigenvalue weighted by molar-refractivity contribution is 9.28. The van der Waals surface area contributed by atoms with E-state index in [2.05, 4.69) is 94.2 Å². The van der Waals surface area contributed by atoms with Crippen LogP contribution in [-0.2, 0) is 0 Å². The Morgan fingerprint density at radius 3 is 2.25 bits per heavy atom. The molecule has 0 heterocycles. The second-order valence-corrected chi connectivity index (χ2v) is 10.0. The molecule has 0 saturated carbocycles. The maximum atomic E-state index is 13.6. The Bertz CT molecular complexity index is 1200. The number of rotatable bonds is 3. The summed E-state index contributed by atoms with van der Waals surface area (Å²) in [6, 6.07) is 21.9. The molecule has 0 bridgehead atoms. The van der Waals surface area contributed by atoms with Crippen molar-refractivity contribution in [3.05, 3.63) is 87.1 Å². The maximum Gasteiger partial charge on any atom is 0.123 e. The van der Waals surface area contributed by atoms with Gasteiger partial charge < -0.3 is 0 Å². The first-order chi connectivity index (χ1) is 13.5. The van der Waals surface area contributed by atoms with Gasteiger partial charge in [-0.05, 0) is 106 Å². The Labute approximate surface area is 181 Å². The van der Waals surface area contributed by atoms with Crippen LogP contribution in [-0.4, -0.2) is 0 Å². The summed E-state index contributed by atoms with van der Waals surface area (Å²) in [5, 5.41) is 4.85. The van der Waals surface area contributed by atoms with Crippen LogP contribution in [0.25, 0.3) is 38.7 Å². The standard InChI is InChI=1S/C25H19Br2F/c1-15(2)21-13-22-19-6-4-3-5-16(19)9-12-20(22)25(23(21)14-24(26)27)17-7-10-18(28)11-8-17/h3-15H,1-2H3. The van der Waals surface area contributed by atoms with Gasteiger partial charge in [-0.15, -0.1) is 0 Å². The van der Waals surface area contributed by atoms with E-state index < -0.39 is 0 Å². The topological polar surface area (TPSA) is 0 Å². The average molecular weight is 498 g/mol. The molecule has 0 N–H and O–H groups in total. The lowest BCUT2D eigenvalue weighted by atomic mass is 9.84. The summed E-state index contributed by atoms with van der Waals surface area (Å²) in [4.78, 5) is 0. The third-order valence-electron chi connectivity index (χ3n) is 5.13. The van der Waals surface area contributed by atoms with E-state index in [4.69, 9.17) is 0 Å². The molecule has 0 aliphatic heterocycles. The van der Waals surface area contributed by atoms with Crippen molar-refractivity contribution >= 4 is 59.5 Å². The summed E-state index contributed by atoms with van der Waals surface area (Å²) in [7, 11) is 0. The van der Waals surface area contributed by atoms with Gasteiger partial charge in [0.2, 0.25) is 0 Å². The van der Waals surface area contributed by atoms with Gasteiger partial charge in [0.15, 0.2) is 0 Å². The monoisotopic (exact) mass is 496 g/mol. The third kappa shape index (κ3) is 3.54. The van der Waals surface area contributed by atoms with Crippen LogP contribution in [0.2, 0.25) is 0 Å². The van der Waals surface area contributed by atoms with Crippen LogP contribution in [0.1, 0.15) is 30.9 Å². The summed E-state index contributed by atoms with van der Waals surface area (Å²) in [5.74, 6) is 0.116.